The molecule has 0 saturated carbocycles. The number of carbonyl (C=O) groups excluding carboxylic acids is 1. The van der Waals surface area contributed by atoms with Crippen molar-refractivity contribution >= 4 is 38.4 Å². The highest BCUT2D eigenvalue weighted by molar-refractivity contribution is 8.15. The smallest absolute Gasteiger partial charge is 0.251 e. The van der Waals surface area contributed by atoms with Crippen molar-refractivity contribution in [3.05, 3.63) is 29.8 Å². The fourth-order valence-electron chi connectivity index (χ4n) is 2.97. The van der Waals surface area contributed by atoms with Gasteiger partial charge in [-0.15, -0.1) is 0 Å². The maximum Gasteiger partial charge on any atom is 0.251 e. The molecule has 2 N–H and O–H groups in total. The number of sulfone groups is 1. The van der Waals surface area contributed by atoms with Crippen molar-refractivity contribution in [2.45, 2.75) is 37.7 Å². The predicted octanol–water partition coefficient (Wildman–Crippen LogP) is 1.91. The van der Waals surface area contributed by atoms with E-state index in [1.807, 2.05) is 26.0 Å². The second-order valence-corrected chi connectivity index (χ2v) is 10.4. The third kappa shape index (κ3) is 5.70. The number of benzene rings is 1. The monoisotopic (exact) mass is 411 g/mol. The Morgan fingerprint density at radius 2 is 2.19 bits per heavy atom. The van der Waals surface area contributed by atoms with E-state index in [2.05, 4.69) is 15.6 Å². The van der Waals surface area contributed by atoms with Gasteiger partial charge in [-0.2, -0.15) is 0 Å². The normalized spacial score (nSPS) is 23.1. The van der Waals surface area contributed by atoms with Gasteiger partial charge in [0, 0.05) is 29.7 Å². The van der Waals surface area contributed by atoms with Gasteiger partial charge in [-0.1, -0.05) is 17.8 Å². The molecule has 1 aromatic rings. The Balaban J connectivity index is 1.51. The molecule has 9 heteroatoms. The standard InChI is InChI=1S/C18H25N3O4S2/c1-12(2)25-8-4-7-19-17(22)13-5-3-6-14(9-13)20-18-21-15-10-27(23,24)11-16(15)26-18/h3,5-6,9,12,15-16H,4,7-8,10-11H2,1-2H3,(H,19,22)(H,20,21)/t15-,16+/m1/s1. The van der Waals surface area contributed by atoms with E-state index >= 15 is 0 Å². The Morgan fingerprint density at radius 1 is 1.37 bits per heavy atom. The number of carbonyl (C=O) groups is 1. The molecule has 2 aliphatic heterocycles. The van der Waals surface area contributed by atoms with Crippen molar-refractivity contribution in [2.24, 2.45) is 4.99 Å². The molecule has 2 heterocycles. The van der Waals surface area contributed by atoms with E-state index < -0.39 is 9.84 Å². The second-order valence-electron chi connectivity index (χ2n) is 6.97. The fraction of sp³-hybridized carbons (Fsp3) is 0.556. The van der Waals surface area contributed by atoms with Gasteiger partial charge in [-0.3, -0.25) is 9.79 Å². The van der Waals surface area contributed by atoms with Gasteiger partial charge in [0.1, 0.15) is 0 Å². The number of fused-ring (bicyclic) bond motifs is 1. The van der Waals surface area contributed by atoms with E-state index in [1.165, 1.54) is 11.8 Å². The molecule has 27 heavy (non-hydrogen) atoms. The minimum absolute atomic E-state index is 0.00274. The van der Waals surface area contributed by atoms with E-state index in [1.54, 1.807) is 12.1 Å². The number of ether oxygens (including phenoxy) is 1. The molecule has 1 aromatic carbocycles. The molecule has 0 aromatic heterocycles. The Hall–Kier alpha value is -1.58. The molecule has 1 saturated heterocycles. The van der Waals surface area contributed by atoms with Gasteiger partial charge in [0.25, 0.3) is 5.91 Å². The van der Waals surface area contributed by atoms with Gasteiger partial charge >= 0.3 is 0 Å². The zero-order valence-electron chi connectivity index (χ0n) is 15.5. The molecule has 7 nitrogen and oxygen atoms in total. The zero-order chi connectivity index (χ0) is 19.4. The number of aliphatic imine (C=N–C) groups is 1. The summed E-state index contributed by atoms with van der Waals surface area (Å²) in [5.41, 5.74) is 1.33. The van der Waals surface area contributed by atoms with E-state index in [-0.39, 0.29) is 34.8 Å². The Bertz CT molecular complexity index is 824. The first-order chi connectivity index (χ1) is 12.8. The van der Waals surface area contributed by atoms with Crippen LogP contribution >= 0.6 is 11.8 Å². The molecule has 0 aliphatic carbocycles. The average molecular weight is 412 g/mol. The first-order valence-corrected chi connectivity index (χ1v) is 11.7. The highest BCUT2D eigenvalue weighted by atomic mass is 32.2. The van der Waals surface area contributed by atoms with Crippen molar-refractivity contribution in [3.63, 3.8) is 0 Å². The SMILES string of the molecule is CC(C)OCCCNC(=O)c1cccc(NC2=N[C@@H]3CS(=O)(=O)C[C@@H]3S2)c1. The van der Waals surface area contributed by atoms with Gasteiger partial charge in [0.05, 0.1) is 23.7 Å². The molecular formula is C18H25N3O4S2. The number of rotatable bonds is 7. The van der Waals surface area contributed by atoms with Crippen LogP contribution in [0.3, 0.4) is 0 Å². The van der Waals surface area contributed by atoms with E-state index in [9.17, 15) is 13.2 Å². The Labute approximate surface area is 164 Å². The van der Waals surface area contributed by atoms with Crippen molar-refractivity contribution in [2.75, 3.05) is 30.0 Å². The molecule has 1 fully saturated rings. The first kappa shape index (κ1) is 20.2. The molecule has 1 amide bonds. The van der Waals surface area contributed by atoms with Crippen LogP contribution in [0.5, 0.6) is 0 Å². The van der Waals surface area contributed by atoms with Crippen LogP contribution in [0.4, 0.5) is 5.69 Å². The number of amidine groups is 1. The molecule has 148 valence electrons. The summed E-state index contributed by atoms with van der Waals surface area (Å²) in [6.07, 6.45) is 0.959. The lowest BCUT2D eigenvalue weighted by Crippen LogP contribution is -2.25. The maximum atomic E-state index is 12.3. The van der Waals surface area contributed by atoms with Gasteiger partial charge < -0.3 is 15.4 Å². The zero-order valence-corrected chi connectivity index (χ0v) is 17.1. The molecule has 3 rings (SSSR count). The van der Waals surface area contributed by atoms with Crippen molar-refractivity contribution in [3.8, 4) is 0 Å². The van der Waals surface area contributed by atoms with Crippen molar-refractivity contribution in [1.29, 1.82) is 0 Å². The van der Waals surface area contributed by atoms with Crippen LogP contribution in [-0.2, 0) is 14.6 Å². The van der Waals surface area contributed by atoms with Crippen LogP contribution in [0.1, 0.15) is 30.6 Å². The summed E-state index contributed by atoms with van der Waals surface area (Å²) in [6, 6.07) is 7.04. The Morgan fingerprint density at radius 3 is 2.93 bits per heavy atom. The summed E-state index contributed by atoms with van der Waals surface area (Å²) in [4.78, 5) is 16.8. The van der Waals surface area contributed by atoms with E-state index in [0.29, 0.717) is 23.9 Å². The van der Waals surface area contributed by atoms with Crippen LogP contribution in [-0.4, -0.2) is 61.5 Å². The third-order valence-electron chi connectivity index (χ3n) is 4.25. The predicted molar refractivity (Wildman–Crippen MR) is 109 cm³/mol. The van der Waals surface area contributed by atoms with E-state index in [0.717, 1.165) is 12.1 Å². The van der Waals surface area contributed by atoms with Gasteiger partial charge in [0.15, 0.2) is 15.0 Å². The van der Waals surface area contributed by atoms with Crippen molar-refractivity contribution < 1.29 is 17.9 Å². The van der Waals surface area contributed by atoms with Gasteiger partial charge in [-0.25, -0.2) is 8.42 Å². The summed E-state index contributed by atoms with van der Waals surface area (Å²) < 4.78 is 28.7. The minimum Gasteiger partial charge on any atom is -0.379 e. The van der Waals surface area contributed by atoms with Crippen LogP contribution in [0.25, 0.3) is 0 Å². The number of nitrogens with zero attached hydrogens (tertiary/aromatic N) is 1. The second kappa shape index (κ2) is 8.62. The number of hydrogen-bond donors (Lipinski definition) is 2. The number of anilines is 1. The maximum absolute atomic E-state index is 12.3. The summed E-state index contributed by atoms with van der Waals surface area (Å²) in [5.74, 6) is 0.172. The Kier molecular flexibility index (Phi) is 6.44. The highest BCUT2D eigenvalue weighted by Crippen LogP contribution is 2.34. The first-order valence-electron chi connectivity index (χ1n) is 9.04. The number of nitrogens with one attached hydrogen (secondary N) is 2. The molecule has 2 aliphatic rings. The van der Waals surface area contributed by atoms with Crippen LogP contribution < -0.4 is 10.6 Å². The summed E-state index contributed by atoms with van der Waals surface area (Å²) >= 11 is 1.46. The molecular weight excluding hydrogens is 386 g/mol. The average Bonchev–Trinajstić information content (AvgIpc) is 3.06. The largest absolute Gasteiger partial charge is 0.379 e. The summed E-state index contributed by atoms with van der Waals surface area (Å²) in [6.45, 7) is 5.14. The van der Waals surface area contributed by atoms with Crippen molar-refractivity contribution in [1.82, 2.24) is 5.32 Å². The topological polar surface area (TPSA) is 96.9 Å². The number of thioether (sulfide) groups is 1. The molecule has 0 radical (unpaired) electrons. The summed E-state index contributed by atoms with van der Waals surface area (Å²) in [5, 5.41) is 6.79. The van der Waals surface area contributed by atoms with Gasteiger partial charge in [0.2, 0.25) is 0 Å². The number of hydrogen-bond acceptors (Lipinski definition) is 7. The fourth-order valence-corrected chi connectivity index (χ4v) is 6.65. The van der Waals surface area contributed by atoms with E-state index in [4.69, 9.17) is 4.74 Å². The molecule has 0 unspecified atom stereocenters. The third-order valence-corrected chi connectivity index (χ3v) is 7.39. The highest BCUT2D eigenvalue weighted by Gasteiger charge is 2.42. The van der Waals surface area contributed by atoms with Crippen LogP contribution in [0.2, 0.25) is 0 Å². The summed E-state index contributed by atoms with van der Waals surface area (Å²) in [7, 11) is -2.96. The molecule has 0 bridgehead atoms. The van der Waals surface area contributed by atoms with Crippen LogP contribution in [0, 0.1) is 0 Å². The minimum atomic E-state index is -2.96. The lowest BCUT2D eigenvalue weighted by atomic mass is 10.2. The number of amides is 1. The van der Waals surface area contributed by atoms with Gasteiger partial charge in [-0.05, 0) is 38.5 Å². The molecule has 0 spiro atoms. The quantitative estimate of drug-likeness (QED) is 0.666. The lowest BCUT2D eigenvalue weighted by Gasteiger charge is -2.10. The lowest BCUT2D eigenvalue weighted by molar-refractivity contribution is 0.0757. The van der Waals surface area contributed by atoms with Crippen LogP contribution in [0.15, 0.2) is 29.3 Å². The molecule has 2 atom stereocenters.